The number of rotatable bonds is 8. The topological polar surface area (TPSA) is 73.9 Å². The molecule has 0 bridgehead atoms. The van der Waals surface area contributed by atoms with Gasteiger partial charge in [-0.15, -0.1) is 0 Å². The Balaban J connectivity index is 5.01. The molecular weight excluding hydrogens is 438 g/mol. The number of nitrogens with zero attached hydrogens (tertiary/aromatic N) is 2. The average Bonchev–Trinajstić information content (AvgIpc) is 2.43. The summed E-state index contributed by atoms with van der Waals surface area (Å²) in [7, 11) is 3.22. The van der Waals surface area contributed by atoms with E-state index < -0.39 is 23.5 Å². The monoisotopic (exact) mass is 458 g/mol. The van der Waals surface area contributed by atoms with E-state index in [0.29, 0.717) is 6.61 Å². The standard InChI is InChI=1S/C11H22Cl3N4O3PS2/c1-6-21-10(23)24-7-8(19)15-9(11(12,13)14)16-22(20,17(2)3)18(4)5/h9H,6-7H2,1-5H3,(H,15,19)(H,16,20). The van der Waals surface area contributed by atoms with Crippen molar-refractivity contribution >= 4 is 76.7 Å². The number of ether oxygens (including phenoxy) is 1. The van der Waals surface area contributed by atoms with Crippen LogP contribution in [0.1, 0.15) is 6.92 Å². The first-order chi connectivity index (χ1) is 10.8. The number of amides is 1. The quantitative estimate of drug-likeness (QED) is 0.248. The highest BCUT2D eigenvalue weighted by atomic mass is 35.6. The van der Waals surface area contributed by atoms with Gasteiger partial charge in [0.05, 0.1) is 12.4 Å². The van der Waals surface area contributed by atoms with Gasteiger partial charge in [0.15, 0.2) is 0 Å². The molecule has 0 aromatic heterocycles. The highest BCUT2D eigenvalue weighted by Crippen LogP contribution is 2.47. The van der Waals surface area contributed by atoms with E-state index in [-0.39, 0.29) is 10.1 Å². The molecule has 13 heteroatoms. The fraction of sp³-hybridized carbons (Fsp3) is 0.818. The molecule has 1 atom stereocenters. The minimum absolute atomic E-state index is 0.0218. The van der Waals surface area contributed by atoms with Crippen molar-refractivity contribution in [2.75, 3.05) is 40.6 Å². The molecule has 0 aliphatic rings. The molecule has 0 fully saturated rings. The number of hydrogen-bond acceptors (Lipinski definition) is 5. The summed E-state index contributed by atoms with van der Waals surface area (Å²) in [6.45, 7) is 2.20. The van der Waals surface area contributed by atoms with Crippen molar-refractivity contribution < 1.29 is 14.1 Å². The van der Waals surface area contributed by atoms with Crippen LogP contribution in [0.4, 0.5) is 0 Å². The van der Waals surface area contributed by atoms with Crippen LogP contribution in [0.3, 0.4) is 0 Å². The minimum Gasteiger partial charge on any atom is -0.479 e. The first-order valence-electron chi connectivity index (χ1n) is 6.73. The van der Waals surface area contributed by atoms with Gasteiger partial charge in [-0.3, -0.25) is 9.36 Å². The predicted molar refractivity (Wildman–Crippen MR) is 107 cm³/mol. The summed E-state index contributed by atoms with van der Waals surface area (Å²) in [6, 6.07) is 0. The van der Waals surface area contributed by atoms with Crippen LogP contribution in [-0.2, 0) is 14.1 Å². The molecule has 7 nitrogen and oxygen atoms in total. The van der Waals surface area contributed by atoms with Gasteiger partial charge in [-0.25, -0.2) is 14.4 Å². The lowest BCUT2D eigenvalue weighted by Crippen LogP contribution is -2.54. The maximum absolute atomic E-state index is 13.0. The Labute approximate surface area is 167 Å². The molecule has 142 valence electrons. The van der Waals surface area contributed by atoms with Crippen molar-refractivity contribution in [1.82, 2.24) is 19.7 Å². The van der Waals surface area contributed by atoms with Crippen LogP contribution in [0.5, 0.6) is 0 Å². The fourth-order valence-electron chi connectivity index (χ4n) is 1.43. The van der Waals surface area contributed by atoms with Crippen LogP contribution in [0.2, 0.25) is 0 Å². The summed E-state index contributed by atoms with van der Waals surface area (Å²) in [6.07, 6.45) is -1.17. The second kappa shape index (κ2) is 10.7. The van der Waals surface area contributed by atoms with Gasteiger partial charge < -0.3 is 10.1 Å². The molecule has 0 aliphatic heterocycles. The van der Waals surface area contributed by atoms with E-state index in [4.69, 9.17) is 51.8 Å². The third kappa shape index (κ3) is 8.38. The Morgan fingerprint density at radius 2 is 1.79 bits per heavy atom. The molecular formula is C11H22Cl3N4O3PS2. The Morgan fingerprint density at radius 3 is 2.17 bits per heavy atom. The molecule has 0 heterocycles. The van der Waals surface area contributed by atoms with Gasteiger partial charge in [-0.05, 0) is 47.3 Å². The molecule has 2 N–H and O–H groups in total. The molecule has 1 unspecified atom stereocenters. The Kier molecular flexibility index (Phi) is 11.1. The van der Waals surface area contributed by atoms with E-state index in [1.54, 1.807) is 35.1 Å². The molecule has 1 amide bonds. The van der Waals surface area contributed by atoms with E-state index in [9.17, 15) is 9.36 Å². The van der Waals surface area contributed by atoms with Gasteiger partial charge in [0.25, 0.3) is 7.59 Å². The second-order valence-corrected chi connectivity index (χ2v) is 11.8. The van der Waals surface area contributed by atoms with E-state index in [1.807, 2.05) is 0 Å². The number of hydrogen-bond donors (Lipinski definition) is 2. The fourth-order valence-corrected chi connectivity index (χ4v) is 4.59. The lowest BCUT2D eigenvalue weighted by Gasteiger charge is -2.36. The average molecular weight is 460 g/mol. The zero-order chi connectivity index (χ0) is 19.1. The van der Waals surface area contributed by atoms with Gasteiger partial charge in [0, 0.05) is 0 Å². The zero-order valence-corrected chi connectivity index (χ0v) is 18.8. The van der Waals surface area contributed by atoms with Crippen molar-refractivity contribution in [2.45, 2.75) is 16.9 Å². The first kappa shape index (κ1) is 24.7. The van der Waals surface area contributed by atoms with E-state index in [1.165, 1.54) is 9.34 Å². The van der Waals surface area contributed by atoms with Gasteiger partial charge >= 0.3 is 0 Å². The van der Waals surface area contributed by atoms with Crippen LogP contribution >= 0.6 is 66.4 Å². The number of nitrogens with one attached hydrogen (secondary N) is 2. The third-order valence-electron chi connectivity index (χ3n) is 2.60. The van der Waals surface area contributed by atoms with Crippen molar-refractivity contribution in [2.24, 2.45) is 0 Å². The molecule has 0 aromatic carbocycles. The maximum atomic E-state index is 13.0. The summed E-state index contributed by atoms with van der Waals surface area (Å²) >= 11 is 23.7. The van der Waals surface area contributed by atoms with E-state index in [2.05, 4.69) is 10.4 Å². The predicted octanol–water partition coefficient (Wildman–Crippen LogP) is 2.67. The van der Waals surface area contributed by atoms with Crippen molar-refractivity contribution in [3.63, 3.8) is 0 Å². The van der Waals surface area contributed by atoms with Crippen molar-refractivity contribution in [1.29, 1.82) is 0 Å². The summed E-state index contributed by atoms with van der Waals surface area (Å²) in [5.74, 6) is -0.471. The number of thiocarbonyl (C=S) groups is 1. The molecule has 0 saturated carbocycles. The molecule has 24 heavy (non-hydrogen) atoms. The van der Waals surface area contributed by atoms with E-state index in [0.717, 1.165) is 11.8 Å². The normalized spacial score (nSPS) is 13.9. The molecule has 0 aromatic rings. The summed E-state index contributed by atoms with van der Waals surface area (Å²) < 4.78 is 19.3. The Morgan fingerprint density at radius 1 is 1.29 bits per heavy atom. The molecule has 0 radical (unpaired) electrons. The summed E-state index contributed by atoms with van der Waals surface area (Å²) in [5, 5.41) is 5.23. The van der Waals surface area contributed by atoms with Crippen LogP contribution in [0.25, 0.3) is 0 Å². The van der Waals surface area contributed by atoms with Gasteiger partial charge in [-0.2, -0.15) is 0 Å². The molecule has 0 spiro atoms. The highest BCUT2D eigenvalue weighted by molar-refractivity contribution is 8.23. The third-order valence-corrected chi connectivity index (χ3v) is 7.25. The number of carbonyl (C=O) groups excluding carboxylic acids is 1. The van der Waals surface area contributed by atoms with Gasteiger partial charge in [-0.1, -0.05) is 46.6 Å². The zero-order valence-electron chi connectivity index (χ0n) is 14.0. The lowest BCUT2D eigenvalue weighted by atomic mass is 10.5. The minimum atomic E-state index is -3.23. The van der Waals surface area contributed by atoms with Crippen LogP contribution in [0, 0.1) is 0 Å². The number of thioether (sulfide) groups is 1. The summed E-state index contributed by atoms with van der Waals surface area (Å²) in [5.41, 5.74) is 0. The Bertz CT molecular complexity index is 480. The largest absolute Gasteiger partial charge is 0.479 e. The number of halogens is 3. The van der Waals surface area contributed by atoms with Crippen LogP contribution in [0.15, 0.2) is 0 Å². The highest BCUT2D eigenvalue weighted by Gasteiger charge is 2.41. The SMILES string of the molecule is CCOC(=S)SCC(=O)NC(NP(=O)(N(C)C)N(C)C)C(Cl)(Cl)Cl. The maximum Gasteiger partial charge on any atom is 0.285 e. The summed E-state index contributed by atoms with van der Waals surface area (Å²) in [4.78, 5) is 12.1. The number of alkyl halides is 3. The second-order valence-electron chi connectivity index (χ2n) is 4.88. The molecule has 0 aliphatic carbocycles. The first-order valence-corrected chi connectivity index (χ1v) is 10.9. The molecule has 0 rings (SSSR count). The van der Waals surface area contributed by atoms with Crippen molar-refractivity contribution in [3.05, 3.63) is 0 Å². The smallest absolute Gasteiger partial charge is 0.285 e. The lowest BCUT2D eigenvalue weighted by molar-refractivity contribution is -0.119. The van der Waals surface area contributed by atoms with Crippen LogP contribution < -0.4 is 10.4 Å². The number of carbonyl (C=O) groups is 1. The van der Waals surface area contributed by atoms with Gasteiger partial charge in [0.1, 0.15) is 6.17 Å². The van der Waals surface area contributed by atoms with Crippen LogP contribution in [-0.4, -0.2) is 70.1 Å². The van der Waals surface area contributed by atoms with Crippen molar-refractivity contribution in [3.8, 4) is 0 Å². The molecule has 0 saturated heterocycles. The van der Waals surface area contributed by atoms with Gasteiger partial charge in [0.2, 0.25) is 14.1 Å². The van der Waals surface area contributed by atoms with E-state index >= 15 is 0 Å². The Hall–Kier alpha value is 0.690.